The van der Waals surface area contributed by atoms with Crippen LogP contribution in [-0.2, 0) is 14.4 Å². The summed E-state index contributed by atoms with van der Waals surface area (Å²) in [4.78, 5) is 32.2. The van der Waals surface area contributed by atoms with Crippen LogP contribution in [-0.4, -0.2) is 29.8 Å². The van der Waals surface area contributed by atoms with Gasteiger partial charge in [-0.1, -0.05) is 0 Å². The molecule has 2 atom stereocenters. The highest BCUT2D eigenvalue weighted by Crippen LogP contribution is 1.92. The molecule has 0 aliphatic heterocycles. The Morgan fingerprint density at radius 2 is 1.60 bits per heavy atom. The van der Waals surface area contributed by atoms with Crippen LogP contribution < -0.4 is 22.5 Å². The number of amides is 3. The second-order valence-electron chi connectivity index (χ2n) is 3.36. The summed E-state index contributed by atoms with van der Waals surface area (Å²) in [6.07, 6.45) is -0.204. The molecule has 0 saturated carbocycles. The maximum absolute atomic E-state index is 11.3. The molecule has 7 heteroatoms. The summed E-state index contributed by atoms with van der Waals surface area (Å²) in [5.41, 5.74) is 15.2. The smallest absolute Gasteiger partial charge is 0.237 e. The molecule has 0 aromatic heterocycles. The first-order chi connectivity index (χ1) is 6.82. The summed E-state index contributed by atoms with van der Waals surface area (Å²) in [5, 5.41) is 2.44. The predicted molar refractivity (Wildman–Crippen MR) is 53.2 cm³/mol. The Balaban J connectivity index is 4.01. The lowest BCUT2D eigenvalue weighted by Crippen LogP contribution is -2.47. The average molecular weight is 216 g/mol. The van der Waals surface area contributed by atoms with E-state index in [4.69, 9.17) is 17.2 Å². The van der Waals surface area contributed by atoms with Crippen molar-refractivity contribution in [2.75, 3.05) is 0 Å². The molecule has 0 fully saturated rings. The van der Waals surface area contributed by atoms with Crippen molar-refractivity contribution in [1.29, 1.82) is 0 Å². The van der Waals surface area contributed by atoms with E-state index in [1.165, 1.54) is 0 Å². The van der Waals surface area contributed by atoms with E-state index in [-0.39, 0.29) is 12.8 Å². The van der Waals surface area contributed by atoms with Crippen molar-refractivity contribution in [3.8, 4) is 0 Å². The Hall–Kier alpha value is -1.63. The topological polar surface area (TPSA) is 141 Å². The molecule has 0 aromatic carbocycles. The van der Waals surface area contributed by atoms with Gasteiger partial charge in [-0.25, -0.2) is 0 Å². The van der Waals surface area contributed by atoms with Crippen molar-refractivity contribution < 1.29 is 14.4 Å². The van der Waals surface area contributed by atoms with Crippen molar-refractivity contribution in [1.82, 2.24) is 5.32 Å². The fourth-order valence-electron chi connectivity index (χ4n) is 1.01. The Bertz CT molecular complexity index is 267. The van der Waals surface area contributed by atoms with E-state index in [2.05, 4.69) is 5.32 Å². The molecule has 0 spiro atoms. The predicted octanol–water partition coefficient (Wildman–Crippen LogP) is -2.43. The van der Waals surface area contributed by atoms with Gasteiger partial charge in [0.05, 0.1) is 12.5 Å². The lowest BCUT2D eigenvalue weighted by atomic mass is 10.1. The lowest BCUT2D eigenvalue weighted by Gasteiger charge is -2.15. The van der Waals surface area contributed by atoms with Crippen molar-refractivity contribution in [2.45, 2.75) is 31.8 Å². The van der Waals surface area contributed by atoms with Gasteiger partial charge in [-0.3, -0.25) is 14.4 Å². The second kappa shape index (κ2) is 5.97. The van der Waals surface area contributed by atoms with Crippen molar-refractivity contribution >= 4 is 17.7 Å². The number of nitrogens with one attached hydrogen (secondary N) is 1. The van der Waals surface area contributed by atoms with Gasteiger partial charge in [0.1, 0.15) is 0 Å². The van der Waals surface area contributed by atoms with Crippen LogP contribution in [0, 0.1) is 0 Å². The van der Waals surface area contributed by atoms with Gasteiger partial charge < -0.3 is 22.5 Å². The highest BCUT2D eigenvalue weighted by Gasteiger charge is 2.18. The van der Waals surface area contributed by atoms with Gasteiger partial charge in [0.15, 0.2) is 0 Å². The van der Waals surface area contributed by atoms with Crippen LogP contribution in [0.1, 0.15) is 19.8 Å². The van der Waals surface area contributed by atoms with Crippen LogP contribution in [0.3, 0.4) is 0 Å². The number of carbonyl (C=O) groups excluding carboxylic acids is 3. The molecule has 0 radical (unpaired) electrons. The van der Waals surface area contributed by atoms with Gasteiger partial charge in [-0.2, -0.15) is 0 Å². The van der Waals surface area contributed by atoms with Crippen LogP contribution in [0.5, 0.6) is 0 Å². The first-order valence-corrected chi connectivity index (χ1v) is 4.45. The van der Waals surface area contributed by atoms with Crippen LogP contribution in [0.2, 0.25) is 0 Å². The highest BCUT2D eigenvalue weighted by atomic mass is 16.2. The Labute approximate surface area is 87.3 Å². The molecule has 0 aromatic rings. The number of primary amides is 2. The minimum atomic E-state index is -0.988. The van der Waals surface area contributed by atoms with Crippen molar-refractivity contribution in [2.24, 2.45) is 17.2 Å². The molecule has 0 bridgehead atoms. The van der Waals surface area contributed by atoms with Crippen molar-refractivity contribution in [3.63, 3.8) is 0 Å². The molecule has 86 valence electrons. The third kappa shape index (κ3) is 6.44. The maximum atomic E-state index is 11.3. The maximum Gasteiger partial charge on any atom is 0.237 e. The fraction of sp³-hybridized carbons (Fsp3) is 0.625. The number of hydrogen-bond acceptors (Lipinski definition) is 4. The Morgan fingerprint density at radius 3 is 2.00 bits per heavy atom. The molecule has 0 aliphatic rings. The molecule has 3 amide bonds. The number of nitrogens with two attached hydrogens (primary N) is 3. The number of carbonyl (C=O) groups is 3. The van der Waals surface area contributed by atoms with E-state index in [0.717, 1.165) is 0 Å². The average Bonchev–Trinajstić information content (AvgIpc) is 2.00. The quantitative estimate of drug-likeness (QED) is 0.391. The molecule has 0 heterocycles. The van der Waals surface area contributed by atoms with E-state index < -0.39 is 29.8 Å². The third-order valence-electron chi connectivity index (χ3n) is 1.65. The van der Waals surface area contributed by atoms with Gasteiger partial charge in [-0.05, 0) is 6.92 Å². The highest BCUT2D eigenvalue weighted by molar-refractivity contribution is 5.88. The molecule has 0 saturated heterocycles. The SMILES string of the molecule is CC(CC(N)=O)NC(=O)C(N)CC(N)=O. The fourth-order valence-corrected chi connectivity index (χ4v) is 1.01. The van der Waals surface area contributed by atoms with Gasteiger partial charge in [0, 0.05) is 12.5 Å². The Kier molecular flexibility index (Phi) is 5.32. The van der Waals surface area contributed by atoms with Crippen LogP contribution in [0.15, 0.2) is 0 Å². The number of hydrogen-bond donors (Lipinski definition) is 4. The van der Waals surface area contributed by atoms with Gasteiger partial charge in [-0.15, -0.1) is 0 Å². The largest absolute Gasteiger partial charge is 0.370 e. The molecule has 7 nitrogen and oxygen atoms in total. The molecule has 0 aliphatic carbocycles. The van der Waals surface area contributed by atoms with Gasteiger partial charge in [0.2, 0.25) is 17.7 Å². The molecule has 15 heavy (non-hydrogen) atoms. The van der Waals surface area contributed by atoms with E-state index in [1.807, 2.05) is 0 Å². The monoisotopic (exact) mass is 216 g/mol. The van der Waals surface area contributed by atoms with Crippen LogP contribution in [0.25, 0.3) is 0 Å². The van der Waals surface area contributed by atoms with Crippen molar-refractivity contribution in [3.05, 3.63) is 0 Å². The molecule has 7 N–H and O–H groups in total. The van der Waals surface area contributed by atoms with E-state index in [1.54, 1.807) is 6.92 Å². The van der Waals surface area contributed by atoms with E-state index in [9.17, 15) is 14.4 Å². The Morgan fingerprint density at radius 1 is 1.13 bits per heavy atom. The van der Waals surface area contributed by atoms with Crippen LogP contribution in [0.4, 0.5) is 0 Å². The molecule has 2 unspecified atom stereocenters. The molecular weight excluding hydrogens is 200 g/mol. The zero-order valence-corrected chi connectivity index (χ0v) is 8.53. The zero-order valence-electron chi connectivity index (χ0n) is 8.53. The second-order valence-corrected chi connectivity index (χ2v) is 3.36. The summed E-state index contributed by atoms with van der Waals surface area (Å²) in [6.45, 7) is 1.61. The molecule has 0 rings (SSSR count). The molecular formula is C8H16N4O3. The standard InChI is InChI=1S/C8H16N4O3/c1-4(2-6(10)13)12-8(15)5(9)3-7(11)14/h4-5H,2-3,9H2,1H3,(H2,10,13)(H2,11,14)(H,12,15). The minimum absolute atomic E-state index is 0.0228. The normalized spacial score (nSPS) is 14.0. The zero-order chi connectivity index (χ0) is 12.0. The summed E-state index contributed by atoms with van der Waals surface area (Å²) in [6, 6.07) is -1.40. The summed E-state index contributed by atoms with van der Waals surface area (Å²) >= 11 is 0. The summed E-state index contributed by atoms with van der Waals surface area (Å²) in [5.74, 6) is -1.70. The van der Waals surface area contributed by atoms with E-state index in [0.29, 0.717) is 0 Å². The van der Waals surface area contributed by atoms with E-state index >= 15 is 0 Å². The minimum Gasteiger partial charge on any atom is -0.370 e. The number of rotatable bonds is 6. The third-order valence-corrected chi connectivity index (χ3v) is 1.65. The van der Waals surface area contributed by atoms with Crippen LogP contribution >= 0.6 is 0 Å². The first kappa shape index (κ1) is 13.4. The summed E-state index contributed by atoms with van der Waals surface area (Å²) < 4.78 is 0. The first-order valence-electron chi connectivity index (χ1n) is 4.45. The lowest BCUT2D eigenvalue weighted by molar-refractivity contribution is -0.127. The summed E-state index contributed by atoms with van der Waals surface area (Å²) in [7, 11) is 0. The van der Waals surface area contributed by atoms with Gasteiger partial charge in [0.25, 0.3) is 0 Å². The van der Waals surface area contributed by atoms with Gasteiger partial charge >= 0.3 is 0 Å².